The first-order chi connectivity index (χ1) is 13.1. The van der Waals surface area contributed by atoms with E-state index in [-0.39, 0.29) is 5.91 Å². The molecule has 0 unspecified atom stereocenters. The molecule has 1 fully saturated rings. The summed E-state index contributed by atoms with van der Waals surface area (Å²) in [4.78, 5) is 18.7. The summed E-state index contributed by atoms with van der Waals surface area (Å²) in [5.41, 5.74) is 1.50. The van der Waals surface area contributed by atoms with E-state index in [1.165, 1.54) is 6.33 Å². The summed E-state index contributed by atoms with van der Waals surface area (Å²) in [6, 6.07) is 13.1. The zero-order valence-electron chi connectivity index (χ0n) is 14.8. The lowest BCUT2D eigenvalue weighted by atomic mass is 9.87. The molecule has 2 aromatic heterocycles. The molecule has 0 spiro atoms. The number of likely N-dealkylation sites (tertiary alicyclic amines) is 1. The maximum Gasteiger partial charge on any atom is 0.226 e. The van der Waals surface area contributed by atoms with Gasteiger partial charge in [-0.2, -0.15) is 0 Å². The molecule has 4 rings (SSSR count). The topological polar surface area (TPSA) is 97.0 Å². The van der Waals surface area contributed by atoms with E-state index in [0.717, 1.165) is 11.3 Å². The van der Waals surface area contributed by atoms with Gasteiger partial charge in [-0.25, -0.2) is 4.68 Å². The summed E-state index contributed by atoms with van der Waals surface area (Å²) in [6.45, 7) is 1.04. The first-order valence-electron chi connectivity index (χ1n) is 8.88. The zero-order chi connectivity index (χ0) is 18.7. The van der Waals surface area contributed by atoms with Crippen molar-refractivity contribution >= 4 is 5.91 Å². The number of piperidine rings is 1. The molecular formula is C19H20N6O2. The van der Waals surface area contributed by atoms with Gasteiger partial charge < -0.3 is 10.0 Å². The number of rotatable bonds is 4. The van der Waals surface area contributed by atoms with Gasteiger partial charge in [0.05, 0.1) is 17.8 Å². The minimum atomic E-state index is -0.953. The number of aliphatic hydroxyl groups is 1. The maximum absolute atomic E-state index is 12.6. The van der Waals surface area contributed by atoms with Gasteiger partial charge in [-0.3, -0.25) is 9.78 Å². The van der Waals surface area contributed by atoms with Crippen LogP contribution in [0, 0.1) is 0 Å². The van der Waals surface area contributed by atoms with Crippen molar-refractivity contribution in [1.82, 2.24) is 30.1 Å². The smallest absolute Gasteiger partial charge is 0.226 e. The molecular weight excluding hydrogens is 344 g/mol. The first kappa shape index (κ1) is 17.3. The Hall–Kier alpha value is -3.13. The van der Waals surface area contributed by atoms with Crippen LogP contribution in [0.5, 0.6) is 0 Å². The second-order valence-corrected chi connectivity index (χ2v) is 6.72. The third-order valence-electron chi connectivity index (χ3n) is 4.99. The number of hydrogen-bond donors (Lipinski definition) is 1. The Morgan fingerprint density at radius 1 is 1.11 bits per heavy atom. The van der Waals surface area contributed by atoms with Crippen LogP contribution in [0.25, 0.3) is 5.69 Å². The summed E-state index contributed by atoms with van der Waals surface area (Å²) in [5.74, 6) is 0.0632. The van der Waals surface area contributed by atoms with E-state index in [4.69, 9.17) is 0 Å². The Morgan fingerprint density at radius 2 is 1.89 bits per heavy atom. The molecule has 0 saturated carbocycles. The van der Waals surface area contributed by atoms with Gasteiger partial charge in [-0.05, 0) is 53.1 Å². The minimum absolute atomic E-state index is 0.0632. The van der Waals surface area contributed by atoms with Crippen LogP contribution in [0.1, 0.15) is 24.1 Å². The van der Waals surface area contributed by atoms with Crippen LogP contribution >= 0.6 is 0 Å². The van der Waals surface area contributed by atoms with Gasteiger partial charge in [-0.15, -0.1) is 5.10 Å². The molecule has 138 valence electrons. The van der Waals surface area contributed by atoms with Gasteiger partial charge in [0, 0.05) is 19.3 Å². The highest BCUT2D eigenvalue weighted by Gasteiger charge is 2.36. The lowest BCUT2D eigenvalue weighted by molar-refractivity contribution is -0.135. The molecule has 1 aromatic carbocycles. The molecule has 0 bridgehead atoms. The Morgan fingerprint density at radius 3 is 2.52 bits per heavy atom. The minimum Gasteiger partial charge on any atom is -0.383 e. The van der Waals surface area contributed by atoms with E-state index in [0.29, 0.717) is 38.0 Å². The number of carbonyl (C=O) groups is 1. The maximum atomic E-state index is 12.6. The molecule has 8 heteroatoms. The molecule has 0 radical (unpaired) electrons. The second kappa shape index (κ2) is 7.24. The highest BCUT2D eigenvalue weighted by atomic mass is 16.3. The van der Waals surface area contributed by atoms with Crippen LogP contribution < -0.4 is 0 Å². The van der Waals surface area contributed by atoms with Gasteiger partial charge in [-0.1, -0.05) is 18.2 Å². The molecule has 1 amide bonds. The fourth-order valence-corrected chi connectivity index (χ4v) is 3.35. The lowest BCUT2D eigenvalue weighted by Gasteiger charge is -2.37. The van der Waals surface area contributed by atoms with E-state index in [2.05, 4.69) is 20.5 Å². The van der Waals surface area contributed by atoms with Gasteiger partial charge in [0.2, 0.25) is 5.91 Å². The van der Waals surface area contributed by atoms with Crippen molar-refractivity contribution in [3.8, 4) is 5.69 Å². The monoisotopic (exact) mass is 364 g/mol. The van der Waals surface area contributed by atoms with Gasteiger partial charge in [0.25, 0.3) is 0 Å². The molecule has 1 saturated heterocycles. The molecule has 0 aliphatic carbocycles. The molecule has 0 atom stereocenters. The summed E-state index contributed by atoms with van der Waals surface area (Å²) in [5, 5.41) is 21.9. The zero-order valence-corrected chi connectivity index (χ0v) is 14.8. The number of tetrazole rings is 1. The van der Waals surface area contributed by atoms with E-state index in [1.54, 1.807) is 10.9 Å². The summed E-state index contributed by atoms with van der Waals surface area (Å²) >= 11 is 0. The second-order valence-electron chi connectivity index (χ2n) is 6.72. The van der Waals surface area contributed by atoms with Crippen molar-refractivity contribution < 1.29 is 9.90 Å². The van der Waals surface area contributed by atoms with E-state index in [9.17, 15) is 9.90 Å². The van der Waals surface area contributed by atoms with Crippen LogP contribution in [0.15, 0.2) is 55.0 Å². The van der Waals surface area contributed by atoms with E-state index in [1.807, 2.05) is 47.4 Å². The van der Waals surface area contributed by atoms with Crippen LogP contribution in [0.3, 0.4) is 0 Å². The number of amides is 1. The van der Waals surface area contributed by atoms with E-state index >= 15 is 0 Å². The standard InChI is InChI=1S/C19H20N6O2/c26-18(13-15-4-6-16(7-5-15)25-14-21-22-23-25)24-11-8-19(27,9-12-24)17-3-1-2-10-20-17/h1-7,10,14,27H,8-9,11-13H2. The average Bonchev–Trinajstić information content (AvgIpc) is 3.25. The van der Waals surface area contributed by atoms with Crippen LogP contribution in [0.2, 0.25) is 0 Å². The van der Waals surface area contributed by atoms with Crippen LogP contribution in [-0.4, -0.2) is 54.2 Å². The highest BCUT2D eigenvalue weighted by molar-refractivity contribution is 5.79. The van der Waals surface area contributed by atoms with Gasteiger partial charge in [0.15, 0.2) is 0 Å². The number of aromatic nitrogens is 5. The normalized spacial score (nSPS) is 16.3. The van der Waals surface area contributed by atoms with Crippen molar-refractivity contribution in [2.75, 3.05) is 13.1 Å². The Bertz CT molecular complexity index is 888. The van der Waals surface area contributed by atoms with Crippen molar-refractivity contribution in [2.45, 2.75) is 24.9 Å². The van der Waals surface area contributed by atoms with Gasteiger partial charge in [0.1, 0.15) is 11.9 Å². The van der Waals surface area contributed by atoms with Crippen LogP contribution in [0.4, 0.5) is 0 Å². The molecule has 3 aromatic rings. The van der Waals surface area contributed by atoms with Crippen molar-refractivity contribution in [3.63, 3.8) is 0 Å². The largest absolute Gasteiger partial charge is 0.383 e. The summed E-state index contributed by atoms with van der Waals surface area (Å²) < 4.78 is 1.56. The average molecular weight is 364 g/mol. The Balaban J connectivity index is 1.36. The molecule has 1 N–H and O–H groups in total. The summed E-state index contributed by atoms with van der Waals surface area (Å²) in [7, 11) is 0. The van der Waals surface area contributed by atoms with Crippen molar-refractivity contribution in [3.05, 3.63) is 66.2 Å². The third-order valence-corrected chi connectivity index (χ3v) is 4.99. The van der Waals surface area contributed by atoms with Gasteiger partial charge >= 0.3 is 0 Å². The predicted octanol–water partition coefficient (Wildman–Crippen LogP) is 1.11. The number of pyridine rings is 1. The Kier molecular flexibility index (Phi) is 4.64. The van der Waals surface area contributed by atoms with Crippen molar-refractivity contribution in [2.24, 2.45) is 0 Å². The number of carbonyl (C=O) groups excluding carboxylic acids is 1. The molecule has 1 aliphatic heterocycles. The number of benzene rings is 1. The van der Waals surface area contributed by atoms with Crippen molar-refractivity contribution in [1.29, 1.82) is 0 Å². The number of hydrogen-bond acceptors (Lipinski definition) is 6. The summed E-state index contributed by atoms with van der Waals surface area (Å²) in [6.07, 6.45) is 4.53. The number of nitrogens with zero attached hydrogens (tertiary/aromatic N) is 6. The highest BCUT2D eigenvalue weighted by Crippen LogP contribution is 2.31. The third kappa shape index (κ3) is 3.70. The lowest BCUT2D eigenvalue weighted by Crippen LogP contribution is -2.46. The molecule has 3 heterocycles. The van der Waals surface area contributed by atoms with Crippen LogP contribution in [-0.2, 0) is 16.8 Å². The molecule has 1 aliphatic rings. The first-order valence-corrected chi connectivity index (χ1v) is 8.88. The molecule has 27 heavy (non-hydrogen) atoms. The van der Waals surface area contributed by atoms with E-state index < -0.39 is 5.60 Å². The quantitative estimate of drug-likeness (QED) is 0.745. The SMILES string of the molecule is O=C(Cc1ccc(-n2cnnn2)cc1)N1CCC(O)(c2ccccn2)CC1. The fourth-order valence-electron chi connectivity index (χ4n) is 3.35. The Labute approximate surface area is 156 Å². The fraction of sp³-hybridized carbons (Fsp3) is 0.316. The molecule has 8 nitrogen and oxygen atoms in total. The predicted molar refractivity (Wildman–Crippen MR) is 96.8 cm³/mol.